The number of likely N-dealkylation sites (tertiary alicyclic amines) is 1. The van der Waals surface area contributed by atoms with Crippen LogP contribution in [0.15, 0.2) is 0 Å². The largest absolute Gasteiger partial charge is 0.377 e. The zero-order chi connectivity index (χ0) is 14.5. The average Bonchev–Trinajstić information content (AvgIpc) is 2.48. The minimum absolute atomic E-state index is 0.502. The fourth-order valence-corrected chi connectivity index (χ4v) is 2.88. The lowest BCUT2D eigenvalue weighted by atomic mass is 10.1. The topological polar surface area (TPSA) is 24.5 Å². The zero-order valence-electron chi connectivity index (χ0n) is 13.8. The highest BCUT2D eigenvalue weighted by molar-refractivity contribution is 4.73. The van der Waals surface area contributed by atoms with E-state index in [2.05, 4.69) is 24.1 Å². The lowest BCUT2D eigenvalue weighted by Gasteiger charge is -2.32. The Kier molecular flexibility index (Phi) is 11.3. The smallest absolute Gasteiger partial charge is 0.0702 e. The van der Waals surface area contributed by atoms with Gasteiger partial charge in [0.1, 0.15) is 0 Å². The molecule has 0 aromatic rings. The van der Waals surface area contributed by atoms with Crippen LogP contribution in [0.3, 0.4) is 0 Å². The van der Waals surface area contributed by atoms with E-state index in [0.717, 1.165) is 19.6 Å². The summed E-state index contributed by atoms with van der Waals surface area (Å²) < 4.78 is 5.89. The molecule has 1 unspecified atom stereocenters. The summed E-state index contributed by atoms with van der Waals surface area (Å²) in [6.07, 6.45) is 10.9. The molecule has 3 heteroatoms. The molecule has 0 aromatic carbocycles. The normalized spacial score (nSPS) is 20.4. The lowest BCUT2D eigenvalue weighted by Crippen LogP contribution is -2.40. The maximum atomic E-state index is 5.89. The zero-order valence-corrected chi connectivity index (χ0v) is 13.8. The van der Waals surface area contributed by atoms with E-state index in [4.69, 9.17) is 4.74 Å². The van der Waals surface area contributed by atoms with Crippen LogP contribution in [0.25, 0.3) is 0 Å². The van der Waals surface area contributed by atoms with Gasteiger partial charge in [-0.15, -0.1) is 0 Å². The molecular formula is C17H36N2O. The van der Waals surface area contributed by atoms with Crippen LogP contribution >= 0.6 is 0 Å². The first-order valence-electron chi connectivity index (χ1n) is 8.91. The second-order valence-electron chi connectivity index (χ2n) is 6.10. The second-order valence-corrected chi connectivity index (χ2v) is 6.10. The van der Waals surface area contributed by atoms with Gasteiger partial charge in [0.25, 0.3) is 0 Å². The summed E-state index contributed by atoms with van der Waals surface area (Å²) in [5, 5.41) is 3.47. The number of piperidine rings is 1. The van der Waals surface area contributed by atoms with Gasteiger partial charge in [0, 0.05) is 13.2 Å². The summed E-state index contributed by atoms with van der Waals surface area (Å²) in [6, 6.07) is 0. The van der Waals surface area contributed by atoms with Gasteiger partial charge in [0.05, 0.1) is 6.10 Å². The van der Waals surface area contributed by atoms with Crippen molar-refractivity contribution in [3.05, 3.63) is 0 Å². The number of hydrogen-bond donors (Lipinski definition) is 1. The molecule has 1 saturated heterocycles. The molecule has 1 aliphatic rings. The Morgan fingerprint density at radius 1 is 1.05 bits per heavy atom. The van der Waals surface area contributed by atoms with Crippen molar-refractivity contribution in [1.29, 1.82) is 0 Å². The monoisotopic (exact) mass is 284 g/mol. The van der Waals surface area contributed by atoms with Crippen LogP contribution in [0.1, 0.15) is 65.2 Å². The highest BCUT2D eigenvalue weighted by Gasteiger charge is 2.19. The molecule has 0 bridgehead atoms. The van der Waals surface area contributed by atoms with Crippen molar-refractivity contribution in [2.75, 3.05) is 39.3 Å². The van der Waals surface area contributed by atoms with Crippen molar-refractivity contribution in [3.63, 3.8) is 0 Å². The summed E-state index contributed by atoms with van der Waals surface area (Å²) in [7, 11) is 0. The van der Waals surface area contributed by atoms with Crippen LogP contribution in [0.2, 0.25) is 0 Å². The van der Waals surface area contributed by atoms with Gasteiger partial charge in [0.15, 0.2) is 0 Å². The Hall–Kier alpha value is -0.120. The molecule has 120 valence electrons. The summed E-state index contributed by atoms with van der Waals surface area (Å²) in [4.78, 5) is 2.61. The van der Waals surface area contributed by atoms with E-state index in [1.165, 1.54) is 71.1 Å². The molecule has 0 saturated carbocycles. The van der Waals surface area contributed by atoms with E-state index in [0.29, 0.717) is 6.10 Å². The third kappa shape index (κ3) is 8.93. The lowest BCUT2D eigenvalue weighted by molar-refractivity contribution is -0.000360. The van der Waals surface area contributed by atoms with Crippen molar-refractivity contribution in [1.82, 2.24) is 10.2 Å². The predicted molar refractivity (Wildman–Crippen MR) is 87.3 cm³/mol. The number of nitrogens with one attached hydrogen (secondary N) is 1. The maximum absolute atomic E-state index is 5.89. The quantitative estimate of drug-likeness (QED) is 0.556. The Morgan fingerprint density at radius 3 is 2.70 bits per heavy atom. The SMILES string of the molecule is CCCNCCCCCCN1CCCC(OCCC)C1. The second kappa shape index (κ2) is 12.6. The summed E-state index contributed by atoms with van der Waals surface area (Å²) >= 11 is 0. The van der Waals surface area contributed by atoms with E-state index in [1.54, 1.807) is 0 Å². The molecule has 1 aliphatic heterocycles. The van der Waals surface area contributed by atoms with Gasteiger partial charge >= 0.3 is 0 Å². The number of rotatable bonds is 12. The molecule has 1 atom stereocenters. The van der Waals surface area contributed by atoms with Gasteiger partial charge in [-0.2, -0.15) is 0 Å². The van der Waals surface area contributed by atoms with Crippen LogP contribution in [-0.2, 0) is 4.74 Å². The molecular weight excluding hydrogens is 248 g/mol. The van der Waals surface area contributed by atoms with Crippen molar-refractivity contribution in [2.45, 2.75) is 71.3 Å². The van der Waals surface area contributed by atoms with Crippen LogP contribution in [0.5, 0.6) is 0 Å². The minimum atomic E-state index is 0.502. The Balaban J connectivity index is 1.93. The first kappa shape index (κ1) is 17.9. The first-order valence-corrected chi connectivity index (χ1v) is 8.91. The number of unbranched alkanes of at least 4 members (excludes halogenated alkanes) is 3. The summed E-state index contributed by atoms with van der Waals surface area (Å²) in [5.41, 5.74) is 0. The first-order chi connectivity index (χ1) is 9.86. The van der Waals surface area contributed by atoms with Crippen molar-refractivity contribution in [2.24, 2.45) is 0 Å². The van der Waals surface area contributed by atoms with Crippen LogP contribution in [-0.4, -0.2) is 50.3 Å². The number of ether oxygens (including phenoxy) is 1. The van der Waals surface area contributed by atoms with Crippen molar-refractivity contribution >= 4 is 0 Å². The summed E-state index contributed by atoms with van der Waals surface area (Å²) in [6.45, 7) is 11.4. The molecule has 0 amide bonds. The third-order valence-electron chi connectivity index (χ3n) is 4.02. The predicted octanol–water partition coefficient (Wildman–Crippen LogP) is 3.44. The molecule has 20 heavy (non-hydrogen) atoms. The number of nitrogens with zero attached hydrogens (tertiary/aromatic N) is 1. The molecule has 3 nitrogen and oxygen atoms in total. The van der Waals surface area contributed by atoms with Gasteiger partial charge in [0.2, 0.25) is 0 Å². The van der Waals surface area contributed by atoms with E-state index in [9.17, 15) is 0 Å². The van der Waals surface area contributed by atoms with Gasteiger partial charge in [-0.3, -0.25) is 0 Å². The maximum Gasteiger partial charge on any atom is 0.0702 e. The van der Waals surface area contributed by atoms with Crippen molar-refractivity contribution in [3.8, 4) is 0 Å². The minimum Gasteiger partial charge on any atom is -0.377 e. The van der Waals surface area contributed by atoms with E-state index in [1.807, 2.05) is 0 Å². The van der Waals surface area contributed by atoms with Gasteiger partial charge in [-0.1, -0.05) is 26.7 Å². The van der Waals surface area contributed by atoms with Crippen LogP contribution < -0.4 is 5.32 Å². The molecule has 0 aliphatic carbocycles. The molecule has 1 rings (SSSR count). The number of hydrogen-bond acceptors (Lipinski definition) is 3. The summed E-state index contributed by atoms with van der Waals surface area (Å²) in [5.74, 6) is 0. The van der Waals surface area contributed by atoms with Gasteiger partial charge in [-0.05, 0) is 64.7 Å². The molecule has 1 heterocycles. The fraction of sp³-hybridized carbons (Fsp3) is 1.00. The molecule has 0 radical (unpaired) electrons. The highest BCUT2D eigenvalue weighted by atomic mass is 16.5. The van der Waals surface area contributed by atoms with Gasteiger partial charge in [-0.25, -0.2) is 0 Å². The van der Waals surface area contributed by atoms with Crippen LogP contribution in [0, 0.1) is 0 Å². The Labute approximate surface area is 126 Å². The van der Waals surface area contributed by atoms with E-state index < -0.39 is 0 Å². The highest BCUT2D eigenvalue weighted by Crippen LogP contribution is 2.14. The Bertz CT molecular complexity index is 211. The third-order valence-corrected chi connectivity index (χ3v) is 4.02. The molecule has 1 fully saturated rings. The average molecular weight is 284 g/mol. The van der Waals surface area contributed by atoms with Crippen molar-refractivity contribution < 1.29 is 4.74 Å². The Morgan fingerprint density at radius 2 is 1.90 bits per heavy atom. The molecule has 1 N–H and O–H groups in total. The van der Waals surface area contributed by atoms with Gasteiger partial charge < -0.3 is 15.0 Å². The van der Waals surface area contributed by atoms with Crippen LogP contribution in [0.4, 0.5) is 0 Å². The van der Waals surface area contributed by atoms with E-state index in [-0.39, 0.29) is 0 Å². The van der Waals surface area contributed by atoms with E-state index >= 15 is 0 Å². The molecule has 0 spiro atoms. The molecule has 0 aromatic heterocycles. The fourth-order valence-electron chi connectivity index (χ4n) is 2.88. The standard InChI is InChI=1S/C17H36N2O/c1-3-11-18-12-7-5-6-8-13-19-14-9-10-17(16-19)20-15-4-2/h17-18H,3-16H2,1-2H3.